The third-order valence-corrected chi connectivity index (χ3v) is 5.65. The Morgan fingerprint density at radius 1 is 0.853 bits per heavy atom. The van der Waals surface area contributed by atoms with Crippen molar-refractivity contribution < 1.29 is 9.59 Å². The minimum Gasteiger partial charge on any atom is -0.273 e. The Morgan fingerprint density at radius 3 is 2.15 bits per heavy atom. The van der Waals surface area contributed by atoms with Gasteiger partial charge in [-0.2, -0.15) is 5.10 Å². The highest BCUT2D eigenvalue weighted by atomic mass is 16.2. The maximum Gasteiger partial charge on any atom is 0.290 e. The van der Waals surface area contributed by atoms with Gasteiger partial charge >= 0.3 is 0 Å². The molecule has 1 unspecified atom stereocenters. The highest BCUT2D eigenvalue weighted by Gasteiger charge is 2.22. The Kier molecular flexibility index (Phi) is 7.13. The number of hydrogen-bond donors (Lipinski definition) is 2. The predicted octanol–water partition coefficient (Wildman–Crippen LogP) is 3.79. The molecule has 0 aliphatic rings. The lowest BCUT2D eigenvalue weighted by Gasteiger charge is -2.17. The van der Waals surface area contributed by atoms with Crippen LogP contribution < -0.4 is 16.4 Å². The number of carbonyl (C=O) groups excluding carboxylic acids is 2. The number of carbonyl (C=O) groups is 2. The minimum absolute atomic E-state index is 0.0678. The van der Waals surface area contributed by atoms with E-state index in [2.05, 4.69) is 16.0 Å². The second-order valence-corrected chi connectivity index (χ2v) is 8.04. The van der Waals surface area contributed by atoms with E-state index in [0.717, 1.165) is 17.5 Å². The van der Waals surface area contributed by atoms with Gasteiger partial charge in [0, 0.05) is 5.39 Å². The number of aromatic nitrogens is 2. The zero-order valence-corrected chi connectivity index (χ0v) is 18.9. The molecule has 0 bridgehead atoms. The molecule has 3 aromatic carbocycles. The van der Waals surface area contributed by atoms with Gasteiger partial charge < -0.3 is 0 Å². The number of rotatable bonds is 7. The van der Waals surface area contributed by atoms with Gasteiger partial charge in [-0.3, -0.25) is 25.2 Å². The number of benzene rings is 3. The van der Waals surface area contributed by atoms with Crippen LogP contribution in [0.4, 0.5) is 0 Å². The fraction of sp³-hybridized carbons (Fsp3) is 0.185. The maximum absolute atomic E-state index is 13.1. The summed E-state index contributed by atoms with van der Waals surface area (Å²) in [4.78, 5) is 39.0. The molecule has 0 saturated heterocycles. The lowest BCUT2D eigenvalue weighted by Crippen LogP contribution is -2.44. The summed E-state index contributed by atoms with van der Waals surface area (Å²) in [6.07, 6.45) is 1.46. The second kappa shape index (κ2) is 10.6. The van der Waals surface area contributed by atoms with Gasteiger partial charge in [0.05, 0.1) is 17.8 Å². The second-order valence-electron chi connectivity index (χ2n) is 8.04. The van der Waals surface area contributed by atoms with Gasteiger partial charge in [-0.25, -0.2) is 4.68 Å². The molecule has 0 aliphatic heterocycles. The van der Waals surface area contributed by atoms with Gasteiger partial charge in [-0.05, 0) is 23.6 Å². The average Bonchev–Trinajstić information content (AvgIpc) is 2.88. The van der Waals surface area contributed by atoms with Gasteiger partial charge in [0.1, 0.15) is 0 Å². The lowest BCUT2D eigenvalue weighted by atomic mass is 9.94. The maximum atomic E-state index is 13.1. The van der Waals surface area contributed by atoms with Crippen LogP contribution in [0.5, 0.6) is 0 Å². The van der Waals surface area contributed by atoms with Gasteiger partial charge in [0.2, 0.25) is 5.91 Å². The van der Waals surface area contributed by atoms with E-state index in [1.165, 1.54) is 4.68 Å². The Bertz CT molecular complexity index is 1350. The molecule has 1 atom stereocenters. The monoisotopic (exact) mass is 454 g/mol. The molecular weight excluding hydrogens is 428 g/mol. The van der Waals surface area contributed by atoms with Crippen molar-refractivity contribution in [3.05, 3.63) is 112 Å². The van der Waals surface area contributed by atoms with E-state index in [9.17, 15) is 14.4 Å². The van der Waals surface area contributed by atoms with Gasteiger partial charge in [0.15, 0.2) is 5.69 Å². The Morgan fingerprint density at radius 2 is 1.47 bits per heavy atom. The molecule has 0 aliphatic carbocycles. The first-order valence-corrected chi connectivity index (χ1v) is 11.3. The summed E-state index contributed by atoms with van der Waals surface area (Å²) in [7, 11) is 0. The van der Waals surface area contributed by atoms with Crippen LogP contribution in [-0.2, 0) is 11.3 Å². The molecule has 4 aromatic rings. The molecule has 0 radical (unpaired) electrons. The summed E-state index contributed by atoms with van der Waals surface area (Å²) in [5.41, 5.74) is 6.59. The first-order valence-electron chi connectivity index (χ1n) is 11.3. The number of nitrogens with zero attached hydrogens (tertiary/aromatic N) is 2. The predicted molar refractivity (Wildman–Crippen MR) is 131 cm³/mol. The van der Waals surface area contributed by atoms with Gasteiger partial charge in [0.25, 0.3) is 11.5 Å². The normalized spacial score (nSPS) is 11.7. The van der Waals surface area contributed by atoms with E-state index in [1.54, 1.807) is 24.3 Å². The van der Waals surface area contributed by atoms with Crippen molar-refractivity contribution in [3.8, 4) is 0 Å². The molecule has 2 amide bonds. The first-order chi connectivity index (χ1) is 16.6. The molecule has 0 fully saturated rings. The number of amides is 2. The molecular formula is C27H26N4O3. The van der Waals surface area contributed by atoms with Crippen LogP contribution in [-0.4, -0.2) is 21.6 Å². The van der Waals surface area contributed by atoms with E-state index in [-0.39, 0.29) is 29.6 Å². The topological polar surface area (TPSA) is 93.1 Å². The van der Waals surface area contributed by atoms with E-state index in [0.29, 0.717) is 17.2 Å². The van der Waals surface area contributed by atoms with Crippen molar-refractivity contribution in [2.45, 2.75) is 32.2 Å². The SMILES string of the molecule is CCCC(C(=O)NNC(=O)c1nn(Cc2ccccc2)c(=O)c2ccccc12)c1ccccc1. The highest BCUT2D eigenvalue weighted by molar-refractivity contribution is 6.05. The molecule has 7 nitrogen and oxygen atoms in total. The molecule has 2 N–H and O–H groups in total. The Labute approximate surface area is 197 Å². The van der Waals surface area contributed by atoms with Crippen molar-refractivity contribution in [3.63, 3.8) is 0 Å². The minimum atomic E-state index is -0.588. The van der Waals surface area contributed by atoms with Crippen LogP contribution in [0.25, 0.3) is 10.8 Å². The number of hydrazine groups is 1. The highest BCUT2D eigenvalue weighted by Crippen LogP contribution is 2.21. The standard InChI is InChI=1S/C27H26N4O3/c1-2-11-21(20-14-7-4-8-15-20)25(32)28-29-26(33)24-22-16-9-10-17-23(22)27(34)31(30-24)18-19-12-5-3-6-13-19/h3-10,12-17,21H,2,11,18H2,1H3,(H,28,32)(H,29,33). The van der Waals surface area contributed by atoms with Crippen LogP contribution in [0.3, 0.4) is 0 Å². The van der Waals surface area contributed by atoms with E-state index < -0.39 is 5.91 Å². The van der Waals surface area contributed by atoms with E-state index >= 15 is 0 Å². The largest absolute Gasteiger partial charge is 0.290 e. The van der Waals surface area contributed by atoms with Crippen molar-refractivity contribution in [1.29, 1.82) is 0 Å². The quantitative estimate of drug-likeness (QED) is 0.416. The Balaban J connectivity index is 1.60. The third kappa shape index (κ3) is 5.04. The molecule has 1 heterocycles. The number of nitrogens with one attached hydrogen (secondary N) is 2. The van der Waals surface area contributed by atoms with Crippen molar-refractivity contribution in [1.82, 2.24) is 20.6 Å². The van der Waals surface area contributed by atoms with E-state index in [4.69, 9.17) is 0 Å². The number of hydrogen-bond acceptors (Lipinski definition) is 4. The van der Waals surface area contributed by atoms with Crippen LogP contribution in [0, 0.1) is 0 Å². The summed E-state index contributed by atoms with van der Waals surface area (Å²) in [6.45, 7) is 2.23. The molecule has 34 heavy (non-hydrogen) atoms. The van der Waals surface area contributed by atoms with Crippen LogP contribution in [0.2, 0.25) is 0 Å². The summed E-state index contributed by atoms with van der Waals surface area (Å²) in [5.74, 6) is -1.28. The molecule has 172 valence electrons. The van der Waals surface area contributed by atoms with E-state index in [1.807, 2.05) is 67.6 Å². The van der Waals surface area contributed by atoms with Crippen molar-refractivity contribution in [2.24, 2.45) is 0 Å². The summed E-state index contributed by atoms with van der Waals surface area (Å²) in [5, 5.41) is 5.17. The van der Waals surface area contributed by atoms with Gasteiger partial charge in [-0.15, -0.1) is 0 Å². The molecule has 0 saturated carbocycles. The first kappa shape index (κ1) is 22.9. The fourth-order valence-corrected chi connectivity index (χ4v) is 3.95. The smallest absolute Gasteiger partial charge is 0.273 e. The molecule has 1 aromatic heterocycles. The molecule has 7 heteroatoms. The van der Waals surface area contributed by atoms with Crippen molar-refractivity contribution in [2.75, 3.05) is 0 Å². The number of fused-ring (bicyclic) bond motifs is 1. The summed E-state index contributed by atoms with van der Waals surface area (Å²) >= 11 is 0. The summed E-state index contributed by atoms with van der Waals surface area (Å²) in [6, 6.07) is 25.7. The Hall–Kier alpha value is -4.26. The van der Waals surface area contributed by atoms with Crippen molar-refractivity contribution >= 4 is 22.6 Å². The van der Waals surface area contributed by atoms with Crippen LogP contribution in [0.15, 0.2) is 89.7 Å². The zero-order valence-electron chi connectivity index (χ0n) is 18.9. The third-order valence-electron chi connectivity index (χ3n) is 5.65. The zero-order chi connectivity index (χ0) is 23.9. The average molecular weight is 455 g/mol. The molecule has 4 rings (SSSR count). The fourth-order valence-electron chi connectivity index (χ4n) is 3.95. The van der Waals surface area contributed by atoms with Crippen LogP contribution in [0.1, 0.15) is 47.3 Å². The lowest BCUT2D eigenvalue weighted by molar-refractivity contribution is -0.123. The van der Waals surface area contributed by atoms with Gasteiger partial charge in [-0.1, -0.05) is 92.2 Å². The molecule has 0 spiro atoms. The van der Waals surface area contributed by atoms with Crippen LogP contribution >= 0.6 is 0 Å². The summed E-state index contributed by atoms with van der Waals surface area (Å²) < 4.78 is 1.28.